The van der Waals surface area contributed by atoms with E-state index in [-0.39, 0.29) is 5.91 Å². The van der Waals surface area contributed by atoms with Crippen molar-refractivity contribution >= 4 is 40.6 Å². The van der Waals surface area contributed by atoms with Gasteiger partial charge in [0.15, 0.2) is 0 Å². The highest BCUT2D eigenvalue weighted by Gasteiger charge is 2.25. The first-order valence-electron chi connectivity index (χ1n) is 7.70. The average Bonchev–Trinajstić information content (AvgIpc) is 3.13. The van der Waals surface area contributed by atoms with Crippen molar-refractivity contribution in [1.82, 2.24) is 20.2 Å². The number of nitrogens with zero attached hydrogens (tertiary/aromatic N) is 3. The Balaban J connectivity index is 1.67. The molecule has 118 valence electrons. The maximum atomic E-state index is 12.2. The fourth-order valence-corrected chi connectivity index (χ4v) is 3.13. The highest BCUT2D eigenvalue weighted by atomic mass is 35.5. The number of guanidine groups is 1. The molecule has 0 bridgehead atoms. The number of hydrogen-bond donors (Lipinski definition) is 2. The predicted molar refractivity (Wildman–Crippen MR) is 90.1 cm³/mol. The molecule has 1 saturated heterocycles. The summed E-state index contributed by atoms with van der Waals surface area (Å²) in [6.45, 7) is 1.89. The maximum absolute atomic E-state index is 12.2. The number of carbonyl (C=O) groups is 1. The number of halogens is 1. The summed E-state index contributed by atoms with van der Waals surface area (Å²) in [5, 5.41) is 4.30. The van der Waals surface area contributed by atoms with Crippen LogP contribution in [0.15, 0.2) is 29.1 Å². The number of H-pyrrole nitrogens is 1. The lowest BCUT2D eigenvalue weighted by Gasteiger charge is -2.27. The second kappa shape index (κ2) is 5.70. The molecule has 0 aromatic carbocycles. The summed E-state index contributed by atoms with van der Waals surface area (Å²) in [5.74, 6) is 0.492. The van der Waals surface area contributed by atoms with Gasteiger partial charge in [0, 0.05) is 36.4 Å². The number of nitrogens with one attached hydrogen (secondary N) is 2. The average molecular weight is 330 g/mol. The van der Waals surface area contributed by atoms with E-state index in [4.69, 9.17) is 11.6 Å². The Bertz CT molecular complexity index is 832. The van der Waals surface area contributed by atoms with Crippen molar-refractivity contribution in [2.75, 3.05) is 13.1 Å². The summed E-state index contributed by atoms with van der Waals surface area (Å²) in [6.07, 6.45) is 8.68. The van der Waals surface area contributed by atoms with Gasteiger partial charge in [-0.05, 0) is 31.4 Å². The topological polar surface area (TPSA) is 73.4 Å². The van der Waals surface area contributed by atoms with Gasteiger partial charge in [0.25, 0.3) is 5.91 Å². The Morgan fingerprint density at radius 2 is 2.09 bits per heavy atom. The van der Waals surface area contributed by atoms with Crippen LogP contribution >= 0.6 is 11.6 Å². The Labute approximate surface area is 138 Å². The fraction of sp³-hybridized carbons (Fsp3) is 0.312. The Morgan fingerprint density at radius 1 is 1.26 bits per heavy atom. The summed E-state index contributed by atoms with van der Waals surface area (Å²) >= 11 is 6.01. The van der Waals surface area contributed by atoms with Crippen LogP contribution in [0.3, 0.4) is 0 Å². The standard InChI is InChI=1S/C16H16ClN5O/c17-11-7-12-10(8-18-14(12)19-9-11)6-13-15(23)21-16(20-13)22-4-2-1-3-5-22/h6-9H,1-5H2,(H,18,19)(H,20,21,23). The molecule has 4 rings (SSSR count). The van der Waals surface area contributed by atoms with Crippen LogP contribution in [-0.4, -0.2) is 39.8 Å². The largest absolute Gasteiger partial charge is 0.346 e. The Hall–Kier alpha value is -2.34. The molecule has 0 aliphatic carbocycles. The maximum Gasteiger partial charge on any atom is 0.276 e. The second-order valence-corrected chi connectivity index (χ2v) is 6.20. The summed E-state index contributed by atoms with van der Waals surface area (Å²) in [5.41, 5.74) is 2.00. The molecule has 0 atom stereocenters. The summed E-state index contributed by atoms with van der Waals surface area (Å²) in [6, 6.07) is 1.83. The van der Waals surface area contributed by atoms with Crippen LogP contribution < -0.4 is 5.32 Å². The molecule has 0 spiro atoms. The SMILES string of the molecule is O=C1NC(N2CCCCC2)=NC1=Cc1c[nH]c2ncc(Cl)cc12. The number of aromatic nitrogens is 2. The summed E-state index contributed by atoms with van der Waals surface area (Å²) in [4.78, 5) is 26.1. The van der Waals surface area contributed by atoms with Crippen molar-refractivity contribution in [3.8, 4) is 0 Å². The monoisotopic (exact) mass is 329 g/mol. The van der Waals surface area contributed by atoms with Gasteiger partial charge in [-0.15, -0.1) is 0 Å². The minimum Gasteiger partial charge on any atom is -0.346 e. The molecule has 7 heteroatoms. The molecule has 4 heterocycles. The third-order valence-corrected chi connectivity index (χ3v) is 4.37. The van der Waals surface area contributed by atoms with Crippen LogP contribution in [-0.2, 0) is 4.79 Å². The van der Waals surface area contributed by atoms with E-state index in [0.717, 1.165) is 42.5 Å². The zero-order valence-corrected chi connectivity index (χ0v) is 13.2. The van der Waals surface area contributed by atoms with Crippen molar-refractivity contribution in [2.45, 2.75) is 19.3 Å². The van der Waals surface area contributed by atoms with E-state index in [2.05, 4.69) is 25.2 Å². The normalized spacial score (nSPS) is 20.2. The quantitative estimate of drug-likeness (QED) is 0.790. The molecule has 23 heavy (non-hydrogen) atoms. The molecule has 2 aliphatic rings. The van der Waals surface area contributed by atoms with Gasteiger partial charge in [-0.2, -0.15) is 0 Å². The summed E-state index contributed by atoms with van der Waals surface area (Å²) < 4.78 is 0. The third kappa shape index (κ3) is 2.70. The number of carbonyl (C=O) groups excluding carboxylic acids is 1. The number of aromatic amines is 1. The van der Waals surface area contributed by atoms with Crippen molar-refractivity contribution < 1.29 is 4.79 Å². The first-order chi connectivity index (χ1) is 11.2. The number of piperidine rings is 1. The van der Waals surface area contributed by atoms with Crippen molar-refractivity contribution in [2.24, 2.45) is 4.99 Å². The van der Waals surface area contributed by atoms with Gasteiger partial charge in [0.1, 0.15) is 11.3 Å². The van der Waals surface area contributed by atoms with Gasteiger partial charge >= 0.3 is 0 Å². The minimum atomic E-state index is -0.171. The first-order valence-corrected chi connectivity index (χ1v) is 8.08. The van der Waals surface area contributed by atoms with Crippen molar-refractivity contribution in [3.63, 3.8) is 0 Å². The molecule has 2 N–H and O–H groups in total. The van der Waals surface area contributed by atoms with Crippen LogP contribution in [0.5, 0.6) is 0 Å². The highest BCUT2D eigenvalue weighted by Crippen LogP contribution is 2.23. The molecular formula is C16H16ClN5O. The van der Waals surface area contributed by atoms with Gasteiger partial charge in [-0.3, -0.25) is 10.1 Å². The number of pyridine rings is 1. The molecule has 2 aliphatic heterocycles. The number of rotatable bonds is 1. The summed E-state index contributed by atoms with van der Waals surface area (Å²) in [7, 11) is 0. The van der Waals surface area contributed by atoms with Gasteiger partial charge in [-0.1, -0.05) is 11.6 Å². The third-order valence-electron chi connectivity index (χ3n) is 4.16. The zero-order valence-electron chi connectivity index (χ0n) is 12.5. The van der Waals surface area contributed by atoms with E-state index in [0.29, 0.717) is 16.7 Å². The van der Waals surface area contributed by atoms with Crippen LogP contribution in [0.4, 0.5) is 0 Å². The van der Waals surface area contributed by atoms with Gasteiger partial charge in [0.2, 0.25) is 5.96 Å². The van der Waals surface area contributed by atoms with E-state index in [1.54, 1.807) is 12.3 Å². The molecule has 1 fully saturated rings. The molecule has 2 aromatic rings. The lowest BCUT2D eigenvalue weighted by Crippen LogP contribution is -2.43. The Morgan fingerprint density at radius 3 is 2.91 bits per heavy atom. The molecule has 0 radical (unpaired) electrons. The fourth-order valence-electron chi connectivity index (χ4n) is 2.98. The predicted octanol–water partition coefficient (Wildman–Crippen LogP) is 2.53. The van der Waals surface area contributed by atoms with Gasteiger partial charge < -0.3 is 9.88 Å². The number of aliphatic imine (C=N–C) groups is 1. The lowest BCUT2D eigenvalue weighted by molar-refractivity contribution is -0.115. The molecule has 0 unspecified atom stereocenters. The van der Waals surface area contributed by atoms with Crippen LogP contribution in [0.2, 0.25) is 5.02 Å². The second-order valence-electron chi connectivity index (χ2n) is 5.76. The van der Waals surface area contributed by atoms with E-state index in [9.17, 15) is 4.79 Å². The van der Waals surface area contributed by atoms with Crippen LogP contribution in [0, 0.1) is 0 Å². The number of amides is 1. The first kappa shape index (κ1) is 14.3. The smallest absolute Gasteiger partial charge is 0.276 e. The number of likely N-dealkylation sites (tertiary alicyclic amines) is 1. The van der Waals surface area contributed by atoms with E-state index in [1.807, 2.05) is 12.3 Å². The molecule has 2 aromatic heterocycles. The molecule has 1 amide bonds. The number of fused-ring (bicyclic) bond motifs is 1. The molecule has 0 saturated carbocycles. The van der Waals surface area contributed by atoms with Gasteiger partial charge in [0.05, 0.1) is 5.02 Å². The molecular weight excluding hydrogens is 314 g/mol. The zero-order chi connectivity index (χ0) is 15.8. The van der Waals surface area contributed by atoms with Crippen molar-refractivity contribution in [1.29, 1.82) is 0 Å². The Kier molecular flexibility index (Phi) is 3.53. The number of hydrogen-bond acceptors (Lipinski definition) is 4. The highest BCUT2D eigenvalue weighted by molar-refractivity contribution is 6.31. The van der Waals surface area contributed by atoms with E-state index >= 15 is 0 Å². The molecule has 6 nitrogen and oxygen atoms in total. The van der Waals surface area contributed by atoms with Gasteiger partial charge in [-0.25, -0.2) is 9.98 Å². The van der Waals surface area contributed by atoms with E-state index in [1.165, 1.54) is 6.42 Å². The van der Waals surface area contributed by atoms with E-state index < -0.39 is 0 Å². The van der Waals surface area contributed by atoms with Crippen molar-refractivity contribution in [3.05, 3.63) is 34.7 Å². The van der Waals surface area contributed by atoms with Crippen LogP contribution in [0.1, 0.15) is 24.8 Å². The minimum absolute atomic E-state index is 0.171. The lowest BCUT2D eigenvalue weighted by atomic mass is 10.1. The van der Waals surface area contributed by atoms with Crippen LogP contribution in [0.25, 0.3) is 17.1 Å².